The number of hydrogen-bond acceptors (Lipinski definition) is 5. The van der Waals surface area contributed by atoms with Crippen LogP contribution in [0.25, 0.3) is 0 Å². The van der Waals surface area contributed by atoms with Gasteiger partial charge in [0.2, 0.25) is 0 Å². The summed E-state index contributed by atoms with van der Waals surface area (Å²) in [4.78, 5) is 25.9. The van der Waals surface area contributed by atoms with Crippen molar-refractivity contribution in [1.82, 2.24) is 14.0 Å². The Bertz CT molecular complexity index is 953. The summed E-state index contributed by atoms with van der Waals surface area (Å²) >= 11 is 0. The third kappa shape index (κ3) is 3.78. The molecule has 0 amide bonds. The van der Waals surface area contributed by atoms with Crippen LogP contribution < -0.4 is 16.6 Å². The SMILES string of the molecule is CN(C)Cc1cc(CNc2c(C#N)c(=O)n(C)c(=O)n2C)ccc1F. The lowest BCUT2D eigenvalue weighted by molar-refractivity contribution is 0.392. The van der Waals surface area contributed by atoms with Crippen molar-refractivity contribution in [3.05, 3.63) is 61.5 Å². The van der Waals surface area contributed by atoms with E-state index in [1.54, 1.807) is 12.1 Å². The van der Waals surface area contributed by atoms with Gasteiger partial charge in [-0.3, -0.25) is 13.9 Å². The van der Waals surface area contributed by atoms with E-state index in [0.29, 0.717) is 12.1 Å². The van der Waals surface area contributed by atoms with Gasteiger partial charge in [0, 0.05) is 32.7 Å². The zero-order valence-corrected chi connectivity index (χ0v) is 14.6. The molecule has 0 unspecified atom stereocenters. The first kappa shape index (κ1) is 18.4. The van der Waals surface area contributed by atoms with Crippen molar-refractivity contribution in [2.75, 3.05) is 19.4 Å². The zero-order valence-electron chi connectivity index (χ0n) is 14.6. The molecule has 0 atom stereocenters. The summed E-state index contributed by atoms with van der Waals surface area (Å²) < 4.78 is 15.9. The molecule has 0 saturated heterocycles. The molecular weight excluding hydrogens is 325 g/mol. The van der Waals surface area contributed by atoms with Gasteiger partial charge in [-0.1, -0.05) is 6.07 Å². The Morgan fingerprint density at radius 3 is 2.52 bits per heavy atom. The second-order valence-electron chi connectivity index (χ2n) is 6.06. The molecule has 0 aliphatic rings. The number of nitrogens with one attached hydrogen (secondary N) is 1. The molecule has 1 heterocycles. The van der Waals surface area contributed by atoms with Crippen LogP contribution in [0.2, 0.25) is 0 Å². The van der Waals surface area contributed by atoms with Gasteiger partial charge in [-0.2, -0.15) is 5.26 Å². The van der Waals surface area contributed by atoms with Crippen molar-refractivity contribution in [3.8, 4) is 6.07 Å². The summed E-state index contributed by atoms with van der Waals surface area (Å²) in [6.45, 7) is 0.698. The van der Waals surface area contributed by atoms with E-state index in [4.69, 9.17) is 0 Å². The number of benzene rings is 1. The molecule has 132 valence electrons. The minimum Gasteiger partial charge on any atom is -0.366 e. The smallest absolute Gasteiger partial charge is 0.332 e. The van der Waals surface area contributed by atoms with Crippen LogP contribution in [0.15, 0.2) is 27.8 Å². The summed E-state index contributed by atoms with van der Waals surface area (Å²) in [5.74, 6) is -0.148. The maximum absolute atomic E-state index is 13.8. The molecule has 2 rings (SSSR count). The van der Waals surface area contributed by atoms with Gasteiger partial charge in [0.15, 0.2) is 5.56 Å². The number of nitrogens with zero attached hydrogens (tertiary/aromatic N) is 4. The molecule has 1 N–H and O–H groups in total. The maximum atomic E-state index is 13.8. The highest BCUT2D eigenvalue weighted by Gasteiger charge is 2.15. The van der Waals surface area contributed by atoms with Crippen LogP contribution in [0, 0.1) is 17.1 Å². The lowest BCUT2D eigenvalue weighted by atomic mass is 10.1. The molecule has 0 radical (unpaired) electrons. The van der Waals surface area contributed by atoms with Crippen LogP contribution in [0.1, 0.15) is 16.7 Å². The largest absolute Gasteiger partial charge is 0.366 e. The number of anilines is 1. The second-order valence-corrected chi connectivity index (χ2v) is 6.06. The Hall–Kier alpha value is -2.92. The number of halogens is 1. The predicted octanol–water partition coefficient (Wildman–Crippen LogP) is 0.768. The first-order valence-electron chi connectivity index (χ1n) is 7.62. The Morgan fingerprint density at radius 2 is 1.92 bits per heavy atom. The second kappa shape index (κ2) is 7.32. The van der Waals surface area contributed by atoms with Crippen molar-refractivity contribution < 1.29 is 4.39 Å². The van der Waals surface area contributed by atoms with E-state index in [0.717, 1.165) is 10.1 Å². The van der Waals surface area contributed by atoms with Crippen LogP contribution in [0.3, 0.4) is 0 Å². The van der Waals surface area contributed by atoms with Crippen molar-refractivity contribution >= 4 is 5.82 Å². The zero-order chi connectivity index (χ0) is 18.7. The van der Waals surface area contributed by atoms with E-state index < -0.39 is 11.2 Å². The Morgan fingerprint density at radius 1 is 1.24 bits per heavy atom. The van der Waals surface area contributed by atoms with E-state index in [2.05, 4.69) is 5.32 Å². The molecule has 1 aromatic heterocycles. The van der Waals surface area contributed by atoms with Crippen LogP contribution in [-0.4, -0.2) is 28.1 Å². The van der Waals surface area contributed by atoms with Gasteiger partial charge in [0.25, 0.3) is 5.56 Å². The molecular formula is C17H20FN5O2. The summed E-state index contributed by atoms with van der Waals surface area (Å²) in [6, 6.07) is 6.55. The van der Waals surface area contributed by atoms with Crippen LogP contribution in [-0.2, 0) is 27.2 Å². The van der Waals surface area contributed by atoms with Crippen LogP contribution >= 0.6 is 0 Å². The van der Waals surface area contributed by atoms with Gasteiger partial charge in [-0.25, -0.2) is 9.18 Å². The Labute approximate surface area is 144 Å². The molecule has 0 fully saturated rings. The van der Waals surface area contributed by atoms with Gasteiger partial charge < -0.3 is 10.2 Å². The Balaban J connectivity index is 2.36. The standard InChI is InChI=1S/C17H20FN5O2/c1-21(2)10-12-7-11(5-6-14(12)18)9-20-15-13(8-19)16(24)23(4)17(25)22(15)3/h5-7,20H,9-10H2,1-4H3. The van der Waals surface area contributed by atoms with E-state index in [-0.39, 0.29) is 23.7 Å². The molecule has 0 saturated carbocycles. The summed E-state index contributed by atoms with van der Waals surface area (Å²) in [6.07, 6.45) is 0. The first-order valence-corrected chi connectivity index (χ1v) is 7.62. The van der Waals surface area contributed by atoms with E-state index in [1.807, 2.05) is 25.1 Å². The van der Waals surface area contributed by atoms with Crippen molar-refractivity contribution in [1.29, 1.82) is 5.26 Å². The highest BCUT2D eigenvalue weighted by Crippen LogP contribution is 2.15. The van der Waals surface area contributed by atoms with E-state index in [9.17, 15) is 19.2 Å². The number of nitriles is 1. The molecule has 0 aliphatic carbocycles. The minimum absolute atomic E-state index is 0.139. The molecule has 7 nitrogen and oxygen atoms in total. The fraction of sp³-hybridized carbons (Fsp3) is 0.353. The molecule has 25 heavy (non-hydrogen) atoms. The quantitative estimate of drug-likeness (QED) is 0.865. The Kier molecular flexibility index (Phi) is 5.39. The summed E-state index contributed by atoms with van der Waals surface area (Å²) in [5.41, 5.74) is -0.00225. The first-order chi connectivity index (χ1) is 11.8. The van der Waals surface area contributed by atoms with Crippen LogP contribution in [0.5, 0.6) is 0 Å². The lowest BCUT2D eigenvalue weighted by Crippen LogP contribution is -2.39. The average Bonchev–Trinajstić information content (AvgIpc) is 2.57. The third-order valence-corrected chi connectivity index (χ3v) is 3.83. The van der Waals surface area contributed by atoms with Gasteiger partial charge in [0.1, 0.15) is 17.7 Å². The lowest BCUT2D eigenvalue weighted by Gasteiger charge is -2.15. The molecule has 8 heteroatoms. The molecule has 0 bridgehead atoms. The maximum Gasteiger partial charge on any atom is 0.332 e. The topological polar surface area (TPSA) is 83.1 Å². The molecule has 2 aromatic rings. The fourth-order valence-electron chi connectivity index (χ4n) is 2.54. The molecule has 1 aromatic carbocycles. The molecule has 0 spiro atoms. The van der Waals surface area contributed by atoms with Gasteiger partial charge in [0.05, 0.1) is 0 Å². The van der Waals surface area contributed by atoms with Crippen molar-refractivity contribution in [2.45, 2.75) is 13.1 Å². The highest BCUT2D eigenvalue weighted by molar-refractivity contribution is 5.51. The van der Waals surface area contributed by atoms with Gasteiger partial charge >= 0.3 is 5.69 Å². The van der Waals surface area contributed by atoms with Crippen LogP contribution in [0.4, 0.5) is 10.2 Å². The normalized spacial score (nSPS) is 10.8. The summed E-state index contributed by atoms with van der Waals surface area (Å²) in [7, 11) is 6.49. The van der Waals surface area contributed by atoms with Gasteiger partial charge in [-0.05, 0) is 31.8 Å². The van der Waals surface area contributed by atoms with Gasteiger partial charge in [-0.15, -0.1) is 0 Å². The monoisotopic (exact) mass is 345 g/mol. The minimum atomic E-state index is -0.652. The van der Waals surface area contributed by atoms with Crippen molar-refractivity contribution in [2.24, 2.45) is 14.1 Å². The number of aromatic nitrogens is 2. The number of rotatable bonds is 5. The van der Waals surface area contributed by atoms with E-state index in [1.165, 1.54) is 24.7 Å². The fourth-order valence-corrected chi connectivity index (χ4v) is 2.54. The highest BCUT2D eigenvalue weighted by atomic mass is 19.1. The average molecular weight is 345 g/mol. The van der Waals surface area contributed by atoms with Crippen molar-refractivity contribution in [3.63, 3.8) is 0 Å². The molecule has 0 aliphatic heterocycles. The predicted molar refractivity (Wildman–Crippen MR) is 92.8 cm³/mol. The van der Waals surface area contributed by atoms with E-state index >= 15 is 0 Å². The summed E-state index contributed by atoms with van der Waals surface area (Å²) in [5, 5.41) is 12.2. The third-order valence-electron chi connectivity index (χ3n) is 3.83. The number of hydrogen-bond donors (Lipinski definition) is 1.